The highest BCUT2D eigenvalue weighted by molar-refractivity contribution is 6.86. The third-order valence-electron chi connectivity index (χ3n) is 6.92. The van der Waals surface area contributed by atoms with Gasteiger partial charge in [0.15, 0.2) is 0 Å². The van der Waals surface area contributed by atoms with Crippen molar-refractivity contribution in [2.45, 2.75) is 58.9 Å². The summed E-state index contributed by atoms with van der Waals surface area (Å²) < 4.78 is 0. The van der Waals surface area contributed by atoms with Gasteiger partial charge >= 0.3 is 0 Å². The zero-order chi connectivity index (χ0) is 23.4. The van der Waals surface area contributed by atoms with Crippen LogP contribution in [-0.4, -0.2) is 22.9 Å². The van der Waals surface area contributed by atoms with E-state index < -0.39 is 8.80 Å². The van der Waals surface area contributed by atoms with E-state index in [9.17, 15) is 0 Å². The molecule has 0 aromatic heterocycles. The summed E-state index contributed by atoms with van der Waals surface area (Å²) in [6.07, 6.45) is 2.48. The zero-order valence-electron chi connectivity index (χ0n) is 21.3. The Bertz CT molecular complexity index is 1160. The van der Waals surface area contributed by atoms with Gasteiger partial charge in [-0.2, -0.15) is 0 Å². The molecule has 3 aromatic carbocycles. The van der Waals surface area contributed by atoms with Crippen molar-refractivity contribution in [2.75, 3.05) is 19.0 Å². The van der Waals surface area contributed by atoms with E-state index in [0.29, 0.717) is 0 Å². The van der Waals surface area contributed by atoms with Crippen molar-refractivity contribution in [1.29, 1.82) is 0 Å². The zero-order valence-corrected chi connectivity index (χ0v) is 22.5. The second-order valence-electron chi connectivity index (χ2n) is 11.6. The first kappa shape index (κ1) is 22.9. The third-order valence-corrected chi connectivity index (χ3v) is 9.83. The smallest absolute Gasteiger partial charge is 0.103 e. The third kappa shape index (κ3) is 3.94. The molecule has 0 fully saturated rings. The van der Waals surface area contributed by atoms with Gasteiger partial charge in [-0.25, -0.2) is 0 Å². The second-order valence-corrected chi connectivity index (χ2v) is 14.3. The van der Waals surface area contributed by atoms with Crippen molar-refractivity contribution in [2.24, 2.45) is 0 Å². The molecule has 2 heteroatoms. The Morgan fingerprint density at radius 2 is 1.41 bits per heavy atom. The minimum atomic E-state index is -1.45. The molecule has 1 nitrogen and oxygen atoms in total. The van der Waals surface area contributed by atoms with Gasteiger partial charge in [0.2, 0.25) is 0 Å². The predicted molar refractivity (Wildman–Crippen MR) is 145 cm³/mol. The van der Waals surface area contributed by atoms with E-state index in [0.717, 1.165) is 0 Å². The van der Waals surface area contributed by atoms with Crippen molar-refractivity contribution in [1.82, 2.24) is 0 Å². The normalized spacial score (nSPS) is 14.2. The Labute approximate surface area is 197 Å². The Balaban J connectivity index is 1.93. The Hall–Kier alpha value is -2.32. The highest BCUT2D eigenvalue weighted by Gasteiger charge is 2.32. The minimum absolute atomic E-state index is 0.109. The van der Waals surface area contributed by atoms with Gasteiger partial charge in [-0.3, -0.25) is 0 Å². The molecule has 167 valence electrons. The summed E-state index contributed by atoms with van der Waals surface area (Å²) in [5.74, 6) is 0. The standard InChI is InChI=1S/C30H38NSi/c1-29(2,3)21-14-15-22-20(18-21)19-24-23(22)16-17-25(30(4,5)6)28(24)32(9)27-13-11-10-12-26(27)31(7)8/h10-19,32H,1-9H3. The number of benzene rings is 3. The molecule has 1 atom stereocenters. The van der Waals surface area contributed by atoms with Crippen LogP contribution in [-0.2, 0) is 10.8 Å². The molecule has 1 aliphatic rings. The van der Waals surface area contributed by atoms with Crippen LogP contribution in [0.5, 0.6) is 0 Å². The fourth-order valence-electron chi connectivity index (χ4n) is 5.11. The highest BCUT2D eigenvalue weighted by atomic mass is 28.3. The molecule has 1 unspecified atom stereocenters. The first-order valence-electron chi connectivity index (χ1n) is 11.8. The number of hydrogen-bond acceptors (Lipinski definition) is 1. The van der Waals surface area contributed by atoms with E-state index >= 15 is 0 Å². The summed E-state index contributed by atoms with van der Waals surface area (Å²) in [5, 5.41) is 3.13. The topological polar surface area (TPSA) is 3.24 Å². The van der Waals surface area contributed by atoms with Gasteiger partial charge in [0.05, 0.1) is 0 Å². The summed E-state index contributed by atoms with van der Waals surface area (Å²) in [5.41, 5.74) is 10.2. The molecule has 1 aliphatic carbocycles. The maximum atomic E-state index is 2.52. The van der Waals surface area contributed by atoms with Gasteiger partial charge in [-0.15, -0.1) is 0 Å². The molecule has 32 heavy (non-hydrogen) atoms. The van der Waals surface area contributed by atoms with Crippen LogP contribution in [0, 0.1) is 6.42 Å². The number of hydrogen-bond donors (Lipinski definition) is 0. The number of nitrogens with zero attached hydrogens (tertiary/aromatic N) is 1. The lowest BCUT2D eigenvalue weighted by Gasteiger charge is -2.30. The molecular weight excluding hydrogens is 402 g/mol. The summed E-state index contributed by atoms with van der Waals surface area (Å²) in [4.78, 5) is 2.27. The van der Waals surface area contributed by atoms with Crippen LogP contribution < -0.4 is 15.3 Å². The van der Waals surface area contributed by atoms with Crippen molar-refractivity contribution >= 4 is 24.9 Å². The van der Waals surface area contributed by atoms with Crippen molar-refractivity contribution in [3.63, 3.8) is 0 Å². The second kappa shape index (κ2) is 7.92. The minimum Gasteiger partial charge on any atom is -0.378 e. The van der Waals surface area contributed by atoms with E-state index in [1.807, 2.05) is 0 Å². The summed E-state index contributed by atoms with van der Waals surface area (Å²) >= 11 is 0. The maximum Gasteiger partial charge on any atom is 0.103 e. The maximum absolute atomic E-state index is 2.52. The van der Waals surface area contributed by atoms with Crippen molar-refractivity contribution in [3.8, 4) is 11.1 Å². The molecule has 4 rings (SSSR count). The van der Waals surface area contributed by atoms with Crippen LogP contribution >= 0.6 is 0 Å². The molecule has 0 aliphatic heterocycles. The van der Waals surface area contributed by atoms with E-state index in [4.69, 9.17) is 0 Å². The molecule has 0 amide bonds. The van der Waals surface area contributed by atoms with E-state index in [1.54, 1.807) is 5.19 Å². The number of anilines is 1. The SMILES string of the molecule is CN(C)c1ccccc1[SiH](C)c1c(C(C)(C)C)ccc2c1[CH]c1cc(C(C)(C)C)ccc1-2. The molecule has 1 radical (unpaired) electrons. The van der Waals surface area contributed by atoms with Gasteiger partial charge in [-0.05, 0) is 60.7 Å². The van der Waals surface area contributed by atoms with Crippen LogP contribution in [0.3, 0.4) is 0 Å². The quantitative estimate of drug-likeness (QED) is 0.359. The van der Waals surface area contributed by atoms with E-state index in [2.05, 4.69) is 128 Å². The number of rotatable bonds is 3. The van der Waals surface area contributed by atoms with Crippen molar-refractivity contribution < 1.29 is 0 Å². The average Bonchev–Trinajstić information content (AvgIpc) is 3.09. The fraction of sp³-hybridized carbons (Fsp3) is 0.367. The van der Waals surface area contributed by atoms with Gasteiger partial charge in [-0.1, -0.05) is 96.6 Å². The van der Waals surface area contributed by atoms with Crippen LogP contribution in [0.2, 0.25) is 6.55 Å². The van der Waals surface area contributed by atoms with Gasteiger partial charge < -0.3 is 4.90 Å². The summed E-state index contributed by atoms with van der Waals surface area (Å²) in [6, 6.07) is 20.9. The average molecular weight is 441 g/mol. The largest absolute Gasteiger partial charge is 0.378 e. The van der Waals surface area contributed by atoms with Crippen molar-refractivity contribution in [3.05, 3.63) is 83.3 Å². The van der Waals surface area contributed by atoms with E-state index in [1.165, 1.54) is 44.3 Å². The lowest BCUT2D eigenvalue weighted by molar-refractivity contribution is 0.590. The highest BCUT2D eigenvalue weighted by Crippen LogP contribution is 2.41. The Morgan fingerprint density at radius 1 is 0.750 bits per heavy atom. The first-order chi connectivity index (χ1) is 14.9. The molecule has 0 spiro atoms. The first-order valence-corrected chi connectivity index (χ1v) is 14.1. The van der Waals surface area contributed by atoms with Gasteiger partial charge in [0, 0.05) is 26.2 Å². The van der Waals surface area contributed by atoms with Crippen LogP contribution in [0.25, 0.3) is 11.1 Å². The van der Waals surface area contributed by atoms with Gasteiger partial charge in [0.25, 0.3) is 0 Å². The molecular formula is C30H38NSi. The van der Waals surface area contributed by atoms with E-state index in [-0.39, 0.29) is 10.8 Å². The molecule has 3 aromatic rings. The Morgan fingerprint density at radius 3 is 2.03 bits per heavy atom. The van der Waals surface area contributed by atoms with Crippen LogP contribution in [0.15, 0.2) is 54.6 Å². The Kier molecular flexibility index (Phi) is 5.65. The van der Waals surface area contributed by atoms with Crippen LogP contribution in [0.4, 0.5) is 5.69 Å². The van der Waals surface area contributed by atoms with Gasteiger partial charge in [0.1, 0.15) is 8.80 Å². The fourth-order valence-corrected chi connectivity index (χ4v) is 8.32. The molecule has 0 saturated carbocycles. The molecule has 0 saturated heterocycles. The van der Waals surface area contributed by atoms with Crippen LogP contribution in [0.1, 0.15) is 63.8 Å². The molecule has 0 heterocycles. The number of para-hydroxylation sites is 1. The molecule has 0 N–H and O–H groups in total. The lowest BCUT2D eigenvalue weighted by Crippen LogP contribution is -2.46. The lowest BCUT2D eigenvalue weighted by atomic mass is 9.85. The summed E-state index contributed by atoms with van der Waals surface area (Å²) in [6.45, 7) is 16.5. The predicted octanol–water partition coefficient (Wildman–Crippen LogP) is 5.90. The molecule has 0 bridgehead atoms. The monoisotopic (exact) mass is 440 g/mol. The number of fused-ring (bicyclic) bond motifs is 3. The summed E-state index contributed by atoms with van der Waals surface area (Å²) in [7, 11) is 2.88.